The van der Waals surface area contributed by atoms with Crippen LogP contribution < -0.4 is 5.32 Å². The van der Waals surface area contributed by atoms with Gasteiger partial charge in [0.25, 0.3) is 5.69 Å². The van der Waals surface area contributed by atoms with Crippen LogP contribution in [0.25, 0.3) is 0 Å². The van der Waals surface area contributed by atoms with E-state index in [-0.39, 0.29) is 17.4 Å². The summed E-state index contributed by atoms with van der Waals surface area (Å²) in [6, 6.07) is 4.12. The monoisotopic (exact) mass is 294 g/mol. The summed E-state index contributed by atoms with van der Waals surface area (Å²) in [5.74, 6) is 0.205. The molecule has 1 aromatic carbocycles. The first-order chi connectivity index (χ1) is 10.1. The Morgan fingerprint density at radius 1 is 1.33 bits per heavy atom. The van der Waals surface area contributed by atoms with Crippen LogP contribution in [-0.4, -0.2) is 11.0 Å². The van der Waals surface area contributed by atoms with Gasteiger partial charge in [0.05, 0.1) is 4.92 Å². The molecule has 2 unspecified atom stereocenters. The number of nitrogens with zero attached hydrogens (tertiary/aromatic N) is 1. The van der Waals surface area contributed by atoms with Crippen LogP contribution in [0.5, 0.6) is 0 Å². The van der Waals surface area contributed by atoms with Crippen LogP contribution in [0, 0.1) is 21.8 Å². The van der Waals surface area contributed by atoms with Crippen molar-refractivity contribution in [1.29, 1.82) is 0 Å². The smallest absolute Gasteiger partial charge is 0.295 e. The maximum atomic E-state index is 13.9. The summed E-state index contributed by atoms with van der Waals surface area (Å²) in [4.78, 5) is 10.5. The van der Waals surface area contributed by atoms with E-state index in [4.69, 9.17) is 0 Å². The number of nitrogens with one attached hydrogen (secondary N) is 1. The number of hydrogen-bond donors (Lipinski definition) is 1. The zero-order chi connectivity index (χ0) is 15.2. The molecule has 0 heterocycles. The van der Waals surface area contributed by atoms with Gasteiger partial charge in [-0.05, 0) is 31.2 Å². The molecule has 0 aliphatic heterocycles. The average Bonchev–Trinajstić information content (AvgIpc) is 2.67. The summed E-state index contributed by atoms with van der Waals surface area (Å²) >= 11 is 0. The van der Waals surface area contributed by atoms with Gasteiger partial charge in [0, 0.05) is 12.1 Å². The van der Waals surface area contributed by atoms with Crippen LogP contribution in [0.2, 0.25) is 0 Å². The second kappa shape index (κ2) is 7.38. The van der Waals surface area contributed by atoms with E-state index in [1.807, 2.05) is 0 Å². The molecule has 0 saturated heterocycles. The quantitative estimate of drug-likeness (QED) is 0.477. The van der Waals surface area contributed by atoms with Gasteiger partial charge in [-0.25, -0.2) is 4.39 Å². The summed E-state index contributed by atoms with van der Waals surface area (Å²) in [5, 5.41) is 14.1. The summed E-state index contributed by atoms with van der Waals surface area (Å²) in [5.41, 5.74) is -0.134. The van der Waals surface area contributed by atoms with Crippen LogP contribution in [-0.2, 0) is 0 Å². The molecule has 1 saturated carbocycles. The largest absolute Gasteiger partial charge is 0.374 e. The highest BCUT2D eigenvalue weighted by molar-refractivity contribution is 5.62. The lowest BCUT2D eigenvalue weighted by atomic mass is 9.95. The van der Waals surface area contributed by atoms with Crippen molar-refractivity contribution in [3.63, 3.8) is 0 Å². The van der Waals surface area contributed by atoms with Gasteiger partial charge < -0.3 is 5.32 Å². The first-order valence-electron chi connectivity index (χ1n) is 7.81. The first-order valence-corrected chi connectivity index (χ1v) is 7.81. The summed E-state index contributed by atoms with van der Waals surface area (Å²) in [6.07, 6.45) is 7.78. The Morgan fingerprint density at radius 3 is 2.86 bits per heavy atom. The first kappa shape index (κ1) is 15.7. The summed E-state index contributed by atoms with van der Waals surface area (Å²) < 4.78 is 13.9. The summed E-state index contributed by atoms with van der Waals surface area (Å²) in [7, 11) is 0. The fraction of sp³-hybridized carbons (Fsp3) is 0.625. The molecule has 0 spiro atoms. The number of benzene rings is 1. The van der Waals surface area contributed by atoms with Crippen LogP contribution in [0.1, 0.15) is 51.9 Å². The Morgan fingerprint density at radius 2 is 2.14 bits per heavy atom. The molecule has 0 amide bonds. The standard InChI is InChI=1S/C16H23FN2O2/c1-2-5-12-6-3-7-13(11-10-12)18-16-14(17)8-4-9-15(16)19(20)21/h4,8-9,12-13,18H,2-3,5-7,10-11H2,1H3. The highest BCUT2D eigenvalue weighted by Gasteiger charge is 2.23. The van der Waals surface area contributed by atoms with Gasteiger partial charge in [0.2, 0.25) is 0 Å². The fourth-order valence-corrected chi connectivity index (χ4v) is 3.23. The van der Waals surface area contributed by atoms with Crippen molar-refractivity contribution >= 4 is 11.4 Å². The van der Waals surface area contributed by atoms with Gasteiger partial charge in [0.1, 0.15) is 5.69 Å². The van der Waals surface area contributed by atoms with Gasteiger partial charge in [-0.15, -0.1) is 0 Å². The third-order valence-electron chi connectivity index (χ3n) is 4.32. The molecular formula is C16H23FN2O2. The minimum Gasteiger partial charge on any atom is -0.374 e. The van der Waals surface area contributed by atoms with E-state index in [1.54, 1.807) is 0 Å². The molecule has 1 aliphatic rings. The molecule has 1 N–H and O–H groups in total. The minimum atomic E-state index is -0.543. The molecule has 1 aliphatic carbocycles. The van der Waals surface area contributed by atoms with Gasteiger partial charge in [0.15, 0.2) is 5.82 Å². The number of nitro benzene ring substituents is 1. The molecule has 0 aromatic heterocycles. The zero-order valence-electron chi connectivity index (χ0n) is 12.5. The van der Waals surface area contributed by atoms with Crippen molar-refractivity contribution in [3.05, 3.63) is 34.1 Å². The van der Waals surface area contributed by atoms with Crippen molar-refractivity contribution in [2.75, 3.05) is 5.32 Å². The molecule has 2 rings (SSSR count). The van der Waals surface area contributed by atoms with Crippen molar-refractivity contribution in [1.82, 2.24) is 0 Å². The molecular weight excluding hydrogens is 271 g/mol. The Hall–Kier alpha value is -1.65. The van der Waals surface area contributed by atoms with Gasteiger partial charge in [-0.2, -0.15) is 0 Å². The van der Waals surface area contributed by atoms with Gasteiger partial charge in [-0.1, -0.05) is 38.7 Å². The fourth-order valence-electron chi connectivity index (χ4n) is 3.23. The molecule has 1 fully saturated rings. The number of para-hydroxylation sites is 1. The lowest BCUT2D eigenvalue weighted by molar-refractivity contribution is -0.384. The minimum absolute atomic E-state index is 0.0430. The van der Waals surface area contributed by atoms with Crippen molar-refractivity contribution in [3.8, 4) is 0 Å². The molecule has 0 radical (unpaired) electrons. The Balaban J connectivity index is 2.06. The average molecular weight is 294 g/mol. The third kappa shape index (κ3) is 4.16. The van der Waals surface area contributed by atoms with E-state index in [0.29, 0.717) is 0 Å². The topological polar surface area (TPSA) is 55.2 Å². The SMILES string of the molecule is CCCC1CCCC(Nc2c(F)cccc2[N+](=O)[O-])CC1. The number of nitro groups is 1. The van der Waals surface area contributed by atoms with Crippen molar-refractivity contribution in [2.45, 2.75) is 57.9 Å². The molecule has 1 aromatic rings. The second-order valence-electron chi connectivity index (χ2n) is 5.90. The second-order valence-corrected chi connectivity index (χ2v) is 5.90. The van der Waals surface area contributed by atoms with E-state index < -0.39 is 10.7 Å². The molecule has 5 heteroatoms. The van der Waals surface area contributed by atoms with Crippen LogP contribution in [0.3, 0.4) is 0 Å². The predicted octanol–water partition coefficient (Wildman–Crippen LogP) is 4.89. The number of halogens is 1. The van der Waals surface area contributed by atoms with E-state index in [9.17, 15) is 14.5 Å². The molecule has 116 valence electrons. The summed E-state index contributed by atoms with van der Waals surface area (Å²) in [6.45, 7) is 2.20. The Kier molecular flexibility index (Phi) is 5.53. The maximum absolute atomic E-state index is 13.9. The zero-order valence-corrected chi connectivity index (χ0v) is 12.5. The highest BCUT2D eigenvalue weighted by atomic mass is 19.1. The maximum Gasteiger partial charge on any atom is 0.295 e. The third-order valence-corrected chi connectivity index (χ3v) is 4.32. The lowest BCUT2D eigenvalue weighted by Gasteiger charge is -2.18. The predicted molar refractivity (Wildman–Crippen MR) is 81.9 cm³/mol. The van der Waals surface area contributed by atoms with Crippen LogP contribution >= 0.6 is 0 Å². The Bertz CT molecular complexity index is 493. The normalized spacial score (nSPS) is 22.6. The highest BCUT2D eigenvalue weighted by Crippen LogP contribution is 2.32. The van der Waals surface area contributed by atoms with Crippen LogP contribution in [0.4, 0.5) is 15.8 Å². The van der Waals surface area contributed by atoms with E-state index in [1.165, 1.54) is 37.5 Å². The van der Waals surface area contributed by atoms with E-state index in [2.05, 4.69) is 12.2 Å². The van der Waals surface area contributed by atoms with Gasteiger partial charge >= 0.3 is 0 Å². The number of anilines is 1. The molecule has 0 bridgehead atoms. The molecule has 21 heavy (non-hydrogen) atoms. The van der Waals surface area contributed by atoms with E-state index in [0.717, 1.165) is 31.6 Å². The number of hydrogen-bond acceptors (Lipinski definition) is 3. The van der Waals surface area contributed by atoms with Crippen molar-refractivity contribution < 1.29 is 9.31 Å². The molecule has 4 nitrogen and oxygen atoms in total. The van der Waals surface area contributed by atoms with Crippen LogP contribution in [0.15, 0.2) is 18.2 Å². The van der Waals surface area contributed by atoms with E-state index >= 15 is 0 Å². The Labute approximate surface area is 124 Å². The van der Waals surface area contributed by atoms with Gasteiger partial charge in [-0.3, -0.25) is 10.1 Å². The number of rotatable bonds is 5. The van der Waals surface area contributed by atoms with Crippen molar-refractivity contribution in [2.24, 2.45) is 5.92 Å². The lowest BCUT2D eigenvalue weighted by Crippen LogP contribution is -2.20. The molecule has 2 atom stereocenters.